The summed E-state index contributed by atoms with van der Waals surface area (Å²) in [6.45, 7) is 0.450. The first-order chi connectivity index (χ1) is 18.6. The molecule has 0 aliphatic carbocycles. The van der Waals surface area contributed by atoms with E-state index in [-0.39, 0.29) is 10.5 Å². The Morgan fingerprint density at radius 1 is 0.872 bits per heavy atom. The first-order valence-electron chi connectivity index (χ1n) is 11.8. The van der Waals surface area contributed by atoms with Crippen molar-refractivity contribution in [2.75, 3.05) is 6.26 Å². The Balaban J connectivity index is 1.55. The van der Waals surface area contributed by atoms with Crippen LogP contribution in [0.25, 0.3) is 33.8 Å². The van der Waals surface area contributed by atoms with E-state index < -0.39 is 15.8 Å². The highest BCUT2D eigenvalue weighted by Crippen LogP contribution is 2.33. The Bertz CT molecular complexity index is 1800. The standard InChI is InChI=1S/C30H22Cl2N2O4S/c1-39(37,38)25-4-2-3-23(15-25)20-9-11-21(12-10-20)29-33-28(26-14-13-24(31)16-27(26)32)18-34(29)17-19-5-7-22(8-6-19)30(35)36/h2-16,18H,17H2,1H3,(H,35,36). The topological polar surface area (TPSA) is 89.3 Å². The normalized spacial score (nSPS) is 11.5. The van der Waals surface area contributed by atoms with E-state index in [0.717, 1.165) is 27.8 Å². The van der Waals surface area contributed by atoms with E-state index in [0.29, 0.717) is 28.1 Å². The molecule has 0 unspecified atom stereocenters. The minimum atomic E-state index is -3.32. The summed E-state index contributed by atoms with van der Waals surface area (Å²) in [5, 5.41) is 10.2. The molecule has 0 radical (unpaired) electrons. The maximum atomic E-state index is 12.0. The number of benzene rings is 4. The monoisotopic (exact) mass is 576 g/mol. The highest BCUT2D eigenvalue weighted by Gasteiger charge is 2.16. The Morgan fingerprint density at radius 2 is 1.56 bits per heavy atom. The lowest BCUT2D eigenvalue weighted by atomic mass is 10.0. The van der Waals surface area contributed by atoms with Crippen LogP contribution < -0.4 is 0 Å². The van der Waals surface area contributed by atoms with Gasteiger partial charge in [0.25, 0.3) is 0 Å². The highest BCUT2D eigenvalue weighted by molar-refractivity contribution is 7.90. The lowest BCUT2D eigenvalue weighted by Gasteiger charge is -2.10. The Morgan fingerprint density at radius 3 is 2.21 bits per heavy atom. The SMILES string of the molecule is CS(=O)(=O)c1cccc(-c2ccc(-c3nc(-c4ccc(Cl)cc4Cl)cn3Cc3ccc(C(=O)O)cc3)cc2)c1. The van der Waals surface area contributed by atoms with Crippen molar-refractivity contribution in [3.63, 3.8) is 0 Å². The molecule has 6 nitrogen and oxygen atoms in total. The average Bonchev–Trinajstić information content (AvgIpc) is 3.32. The molecule has 1 aromatic heterocycles. The van der Waals surface area contributed by atoms with E-state index in [1.165, 1.54) is 6.26 Å². The summed E-state index contributed by atoms with van der Waals surface area (Å²) < 4.78 is 26.0. The lowest BCUT2D eigenvalue weighted by molar-refractivity contribution is 0.0697. The van der Waals surface area contributed by atoms with Crippen molar-refractivity contribution >= 4 is 39.0 Å². The second kappa shape index (κ2) is 10.7. The van der Waals surface area contributed by atoms with Gasteiger partial charge >= 0.3 is 5.97 Å². The summed E-state index contributed by atoms with van der Waals surface area (Å²) >= 11 is 12.6. The van der Waals surface area contributed by atoms with Crippen molar-refractivity contribution in [1.29, 1.82) is 0 Å². The second-order valence-electron chi connectivity index (χ2n) is 9.08. The van der Waals surface area contributed by atoms with E-state index in [4.69, 9.17) is 28.2 Å². The number of carboxylic acid groups (broad SMARTS) is 1. The molecule has 196 valence electrons. The summed E-state index contributed by atoms with van der Waals surface area (Å²) in [6, 6.07) is 26.5. The number of aromatic carboxylic acids is 1. The Kier molecular flexibility index (Phi) is 7.32. The van der Waals surface area contributed by atoms with Crippen molar-refractivity contribution in [3.8, 4) is 33.8 Å². The average molecular weight is 577 g/mol. The van der Waals surface area contributed by atoms with Crippen LogP contribution in [0.1, 0.15) is 15.9 Å². The third-order valence-corrected chi connectivity index (χ3v) is 7.93. The van der Waals surface area contributed by atoms with Gasteiger partial charge in [-0.3, -0.25) is 0 Å². The summed E-state index contributed by atoms with van der Waals surface area (Å²) in [6.07, 6.45) is 3.09. The molecule has 0 saturated carbocycles. The van der Waals surface area contributed by atoms with Crippen LogP contribution in [0.15, 0.2) is 102 Å². The van der Waals surface area contributed by atoms with Crippen LogP contribution in [0, 0.1) is 0 Å². The molecular formula is C30H22Cl2N2O4S. The van der Waals surface area contributed by atoms with E-state index in [2.05, 4.69) is 0 Å². The molecule has 0 fully saturated rings. The molecule has 0 atom stereocenters. The zero-order chi connectivity index (χ0) is 27.7. The Hall–Kier alpha value is -3.91. The fourth-order valence-electron chi connectivity index (χ4n) is 4.26. The summed E-state index contributed by atoms with van der Waals surface area (Å²) in [5.41, 5.74) is 5.02. The maximum Gasteiger partial charge on any atom is 0.335 e. The fourth-order valence-corrected chi connectivity index (χ4v) is 5.43. The van der Waals surface area contributed by atoms with Crippen LogP contribution >= 0.6 is 23.2 Å². The van der Waals surface area contributed by atoms with Gasteiger partial charge in [-0.05, 0) is 59.2 Å². The van der Waals surface area contributed by atoms with Crippen molar-refractivity contribution in [2.24, 2.45) is 0 Å². The van der Waals surface area contributed by atoms with Gasteiger partial charge in [-0.25, -0.2) is 18.2 Å². The van der Waals surface area contributed by atoms with Crippen molar-refractivity contribution in [1.82, 2.24) is 9.55 Å². The first kappa shape index (κ1) is 26.7. The number of hydrogen-bond acceptors (Lipinski definition) is 4. The summed E-state index contributed by atoms with van der Waals surface area (Å²) in [4.78, 5) is 16.4. The van der Waals surface area contributed by atoms with E-state index in [1.54, 1.807) is 54.6 Å². The predicted molar refractivity (Wildman–Crippen MR) is 154 cm³/mol. The predicted octanol–water partition coefficient (Wildman–Crippen LogP) is 7.34. The minimum Gasteiger partial charge on any atom is -0.478 e. The number of aromatic nitrogens is 2. The number of carbonyl (C=O) groups is 1. The number of hydrogen-bond donors (Lipinski definition) is 1. The van der Waals surface area contributed by atoms with Crippen molar-refractivity contribution in [3.05, 3.63) is 118 Å². The molecule has 0 bridgehead atoms. The van der Waals surface area contributed by atoms with Gasteiger partial charge in [-0.15, -0.1) is 0 Å². The van der Waals surface area contributed by atoms with Crippen LogP contribution in [0.5, 0.6) is 0 Å². The van der Waals surface area contributed by atoms with Crippen LogP contribution in [-0.2, 0) is 16.4 Å². The molecule has 0 amide bonds. The van der Waals surface area contributed by atoms with Gasteiger partial charge in [0, 0.05) is 35.1 Å². The van der Waals surface area contributed by atoms with Crippen LogP contribution in [-0.4, -0.2) is 35.3 Å². The van der Waals surface area contributed by atoms with Gasteiger partial charge in [0.15, 0.2) is 9.84 Å². The van der Waals surface area contributed by atoms with E-state index in [1.807, 2.05) is 47.2 Å². The van der Waals surface area contributed by atoms with Gasteiger partial charge < -0.3 is 9.67 Å². The molecule has 39 heavy (non-hydrogen) atoms. The van der Waals surface area contributed by atoms with Gasteiger partial charge in [0.05, 0.1) is 21.2 Å². The molecule has 9 heteroatoms. The molecule has 4 aromatic carbocycles. The minimum absolute atomic E-state index is 0.216. The summed E-state index contributed by atoms with van der Waals surface area (Å²) in [5.74, 6) is -0.290. The maximum absolute atomic E-state index is 12.0. The number of sulfone groups is 1. The number of halogens is 2. The number of nitrogens with zero attached hydrogens (tertiary/aromatic N) is 2. The third kappa shape index (κ3) is 5.91. The second-order valence-corrected chi connectivity index (χ2v) is 11.9. The zero-order valence-electron chi connectivity index (χ0n) is 20.7. The van der Waals surface area contributed by atoms with Gasteiger partial charge in [0.2, 0.25) is 0 Å². The molecule has 5 rings (SSSR count). The number of rotatable bonds is 7. The molecule has 5 aromatic rings. The molecule has 1 N–H and O–H groups in total. The quantitative estimate of drug-likeness (QED) is 0.219. The molecule has 1 heterocycles. The summed E-state index contributed by atoms with van der Waals surface area (Å²) in [7, 11) is -3.32. The molecular weight excluding hydrogens is 555 g/mol. The Labute approximate surface area is 236 Å². The molecule has 0 saturated heterocycles. The number of carboxylic acids is 1. The molecule has 0 aliphatic rings. The van der Waals surface area contributed by atoms with Gasteiger partial charge in [-0.2, -0.15) is 0 Å². The molecule has 0 aliphatic heterocycles. The van der Waals surface area contributed by atoms with E-state index >= 15 is 0 Å². The smallest absolute Gasteiger partial charge is 0.335 e. The largest absolute Gasteiger partial charge is 0.478 e. The fraction of sp³-hybridized carbons (Fsp3) is 0.0667. The zero-order valence-corrected chi connectivity index (χ0v) is 23.0. The highest BCUT2D eigenvalue weighted by atomic mass is 35.5. The molecule has 0 spiro atoms. The van der Waals surface area contributed by atoms with Crippen LogP contribution in [0.4, 0.5) is 0 Å². The van der Waals surface area contributed by atoms with Crippen LogP contribution in [0.2, 0.25) is 10.0 Å². The van der Waals surface area contributed by atoms with Crippen molar-refractivity contribution < 1.29 is 18.3 Å². The third-order valence-electron chi connectivity index (χ3n) is 6.28. The van der Waals surface area contributed by atoms with Crippen LogP contribution in [0.3, 0.4) is 0 Å². The number of imidazole rings is 1. The van der Waals surface area contributed by atoms with Gasteiger partial charge in [0.1, 0.15) is 5.82 Å². The first-order valence-corrected chi connectivity index (χ1v) is 14.5. The van der Waals surface area contributed by atoms with Gasteiger partial charge in [-0.1, -0.05) is 71.7 Å². The lowest BCUT2D eigenvalue weighted by Crippen LogP contribution is -2.02. The van der Waals surface area contributed by atoms with Crippen molar-refractivity contribution in [2.45, 2.75) is 11.4 Å². The van der Waals surface area contributed by atoms with E-state index in [9.17, 15) is 18.3 Å².